The van der Waals surface area contributed by atoms with Gasteiger partial charge in [0.15, 0.2) is 12.4 Å². The number of amides is 1. The fourth-order valence-corrected chi connectivity index (χ4v) is 8.72. The lowest BCUT2D eigenvalue weighted by atomic mass is 9.99. The van der Waals surface area contributed by atoms with Gasteiger partial charge in [-0.1, -0.05) is 226 Å². The van der Waals surface area contributed by atoms with Crippen LogP contribution in [0.4, 0.5) is 0 Å². The van der Waals surface area contributed by atoms with Crippen LogP contribution in [-0.4, -0.2) is 99.6 Å². The first-order valence-corrected chi connectivity index (χ1v) is 30.8. The van der Waals surface area contributed by atoms with Crippen molar-refractivity contribution in [2.45, 2.75) is 275 Å². The molecule has 1 aliphatic heterocycles. The number of carbonyl (C=O) groups excluding carboxylic acids is 2. The van der Waals surface area contributed by atoms with Gasteiger partial charge >= 0.3 is 5.97 Å². The molecule has 1 heterocycles. The zero-order valence-corrected chi connectivity index (χ0v) is 49.0. The Morgan fingerprint density at radius 1 is 0.513 bits per heavy atom. The molecule has 444 valence electrons. The molecule has 0 aromatic carbocycles. The monoisotopic (exact) mass is 1090 g/mol. The first-order chi connectivity index (χ1) is 38.2. The van der Waals surface area contributed by atoms with Gasteiger partial charge in [-0.05, 0) is 116 Å². The van der Waals surface area contributed by atoms with Crippen LogP contribution in [-0.2, 0) is 23.8 Å². The van der Waals surface area contributed by atoms with E-state index in [-0.39, 0.29) is 19.4 Å². The van der Waals surface area contributed by atoms with E-state index in [1.807, 2.05) is 6.08 Å². The lowest BCUT2D eigenvalue weighted by Gasteiger charge is -2.41. The van der Waals surface area contributed by atoms with Crippen LogP contribution in [0.15, 0.2) is 122 Å². The van der Waals surface area contributed by atoms with Gasteiger partial charge in [0.05, 0.1) is 25.4 Å². The first-order valence-electron chi connectivity index (χ1n) is 30.8. The van der Waals surface area contributed by atoms with Crippen molar-refractivity contribution in [3.05, 3.63) is 122 Å². The van der Waals surface area contributed by atoms with E-state index < -0.39 is 67.4 Å². The summed E-state index contributed by atoms with van der Waals surface area (Å²) in [5.41, 5.74) is 0. The van der Waals surface area contributed by atoms with Crippen molar-refractivity contribution in [3.63, 3.8) is 0 Å². The lowest BCUT2D eigenvalue weighted by molar-refractivity contribution is -0.305. The summed E-state index contributed by atoms with van der Waals surface area (Å²) in [4.78, 5) is 26.5. The number of rotatable bonds is 50. The third kappa shape index (κ3) is 41.1. The van der Waals surface area contributed by atoms with E-state index in [1.54, 1.807) is 6.08 Å². The average Bonchev–Trinajstić information content (AvgIpc) is 3.45. The van der Waals surface area contributed by atoms with Gasteiger partial charge in [-0.25, -0.2) is 0 Å². The Labute approximate surface area is 474 Å². The predicted molar refractivity (Wildman–Crippen MR) is 324 cm³/mol. The molecule has 1 rings (SSSR count). The van der Waals surface area contributed by atoms with Crippen LogP contribution in [0, 0.1) is 0 Å². The highest BCUT2D eigenvalue weighted by Gasteiger charge is 2.47. The van der Waals surface area contributed by atoms with Crippen molar-refractivity contribution < 1.29 is 49.3 Å². The molecule has 0 bridgehead atoms. The zero-order chi connectivity index (χ0) is 56.8. The minimum Gasteiger partial charge on any atom is -0.454 e. The average molecular weight is 1090 g/mol. The quantitative estimate of drug-likeness (QED) is 0.0195. The number of carbonyl (C=O) groups is 2. The molecule has 0 aliphatic carbocycles. The first kappa shape index (κ1) is 72.1. The van der Waals surface area contributed by atoms with Gasteiger partial charge in [-0.2, -0.15) is 0 Å². The van der Waals surface area contributed by atoms with Crippen molar-refractivity contribution >= 4 is 11.9 Å². The van der Waals surface area contributed by atoms with Crippen LogP contribution in [0.25, 0.3) is 0 Å². The molecule has 11 heteroatoms. The Balaban J connectivity index is 2.74. The molecule has 6 N–H and O–H groups in total. The summed E-state index contributed by atoms with van der Waals surface area (Å²) in [5, 5.41) is 56.9. The van der Waals surface area contributed by atoms with E-state index >= 15 is 0 Å². The smallest absolute Gasteiger partial charge is 0.306 e. The molecule has 0 aromatic rings. The largest absolute Gasteiger partial charge is 0.454 e. The van der Waals surface area contributed by atoms with Crippen LogP contribution >= 0.6 is 0 Å². The molecule has 8 atom stereocenters. The molecule has 1 amide bonds. The SMILES string of the molecule is CC/C=C\C/C=C\C/C=C\C/C=C\C/C=C\C/C=C\CCCCC(=O)OC1C(OCC(NC(=O)C(O)CCCCC/C=C\C/C=C\C/C=C\CCCCC)C(O)/C=C/CCCCCCCCCCCC)OC(CO)C(O)C1O. The van der Waals surface area contributed by atoms with E-state index in [1.165, 1.54) is 64.2 Å². The van der Waals surface area contributed by atoms with E-state index in [9.17, 15) is 35.1 Å². The minimum absolute atomic E-state index is 0.0586. The molecule has 78 heavy (non-hydrogen) atoms. The molecule has 0 radical (unpaired) electrons. The van der Waals surface area contributed by atoms with Gasteiger partial charge < -0.3 is 45.1 Å². The Morgan fingerprint density at radius 2 is 0.923 bits per heavy atom. The predicted octanol–water partition coefficient (Wildman–Crippen LogP) is 14.7. The second-order valence-electron chi connectivity index (χ2n) is 20.7. The van der Waals surface area contributed by atoms with Gasteiger partial charge in [-0.15, -0.1) is 0 Å². The number of unbranched alkanes of at least 4 members (excludes halogenated alkanes) is 18. The van der Waals surface area contributed by atoms with Gasteiger partial charge in [0, 0.05) is 6.42 Å². The highest BCUT2D eigenvalue weighted by molar-refractivity contribution is 5.80. The van der Waals surface area contributed by atoms with E-state index in [0.717, 1.165) is 116 Å². The minimum atomic E-state index is -1.64. The summed E-state index contributed by atoms with van der Waals surface area (Å²) in [6.45, 7) is 5.59. The molecular weight excluding hydrogens is 979 g/mol. The molecule has 0 spiro atoms. The van der Waals surface area contributed by atoms with Crippen LogP contribution in [0.3, 0.4) is 0 Å². The molecule has 0 aromatic heterocycles. The van der Waals surface area contributed by atoms with Crippen molar-refractivity contribution in [2.24, 2.45) is 0 Å². The third-order valence-corrected chi connectivity index (χ3v) is 13.6. The topological polar surface area (TPSA) is 175 Å². The summed E-state index contributed by atoms with van der Waals surface area (Å²) in [7, 11) is 0. The number of nitrogens with one attached hydrogen (secondary N) is 1. The number of aliphatic hydroxyl groups is 5. The van der Waals surface area contributed by atoms with Crippen LogP contribution in [0.1, 0.15) is 226 Å². The standard InChI is InChI=1S/C67H111NO10/c1-4-7-10-13-16-19-22-25-27-29-30-31-32-33-35-37-40-43-46-49-52-55-62(72)78-65-64(74)63(73)61(56-69)77-67(65)76-57-58(59(70)53-50-47-44-41-38-24-21-18-15-12-9-6-3)68-66(75)60(71)54-51-48-45-42-39-36-34-28-26-23-20-17-14-11-8-5-2/h7,10,16-17,19-20,25-28,30-31,33,35-36,39-40,43,50,53,58-61,63-65,67,69-71,73-74H,4-6,8-9,11-15,18,21-24,29,32,34,37-38,41-42,44-49,51-52,54-57H2,1-3H3,(H,68,75)/b10-7-,19-16-,20-17-,27-25-,28-26-,31-30-,35-33-,39-36-,43-40-,53-50+. The van der Waals surface area contributed by atoms with Crippen LogP contribution in [0.5, 0.6) is 0 Å². The highest BCUT2D eigenvalue weighted by Crippen LogP contribution is 2.26. The number of hydrogen-bond donors (Lipinski definition) is 6. The zero-order valence-electron chi connectivity index (χ0n) is 49.0. The van der Waals surface area contributed by atoms with Gasteiger partial charge in [0.1, 0.15) is 24.4 Å². The van der Waals surface area contributed by atoms with Crippen molar-refractivity contribution in [3.8, 4) is 0 Å². The molecule has 8 unspecified atom stereocenters. The molecular formula is C67H111NO10. The molecule has 11 nitrogen and oxygen atoms in total. The number of aliphatic hydroxyl groups excluding tert-OH is 5. The number of esters is 1. The fourth-order valence-electron chi connectivity index (χ4n) is 8.72. The Hall–Kier alpha value is -3.94. The van der Waals surface area contributed by atoms with Crippen LogP contribution in [0.2, 0.25) is 0 Å². The molecule has 1 saturated heterocycles. The second-order valence-corrected chi connectivity index (χ2v) is 20.7. The molecule has 1 aliphatic rings. The summed E-state index contributed by atoms with van der Waals surface area (Å²) in [6, 6.07) is -1.05. The number of ether oxygens (including phenoxy) is 3. The fraction of sp³-hybridized carbons (Fsp3) is 0.672. The van der Waals surface area contributed by atoms with Crippen molar-refractivity contribution in [2.75, 3.05) is 13.2 Å². The molecule has 0 saturated carbocycles. The maximum absolute atomic E-state index is 13.4. The Morgan fingerprint density at radius 3 is 1.41 bits per heavy atom. The third-order valence-electron chi connectivity index (χ3n) is 13.6. The van der Waals surface area contributed by atoms with Gasteiger partial charge in [-0.3, -0.25) is 9.59 Å². The van der Waals surface area contributed by atoms with Crippen molar-refractivity contribution in [1.29, 1.82) is 0 Å². The molecule has 1 fully saturated rings. The highest BCUT2D eigenvalue weighted by atomic mass is 16.7. The van der Waals surface area contributed by atoms with E-state index in [4.69, 9.17) is 14.2 Å². The second kappa shape index (κ2) is 53.7. The van der Waals surface area contributed by atoms with Crippen LogP contribution < -0.4 is 5.32 Å². The maximum atomic E-state index is 13.4. The van der Waals surface area contributed by atoms with E-state index in [0.29, 0.717) is 12.8 Å². The summed E-state index contributed by atoms with van der Waals surface area (Å²) < 4.78 is 17.6. The van der Waals surface area contributed by atoms with Crippen molar-refractivity contribution in [1.82, 2.24) is 5.32 Å². The van der Waals surface area contributed by atoms with Gasteiger partial charge in [0.25, 0.3) is 0 Å². The lowest BCUT2D eigenvalue weighted by Crippen LogP contribution is -2.61. The van der Waals surface area contributed by atoms with E-state index in [2.05, 4.69) is 135 Å². The Kier molecular flexibility index (Phi) is 49.6. The summed E-state index contributed by atoms with van der Waals surface area (Å²) >= 11 is 0. The normalized spacial score (nSPS) is 19.8. The number of hydrogen-bond acceptors (Lipinski definition) is 10. The summed E-state index contributed by atoms with van der Waals surface area (Å²) in [5.74, 6) is -1.27. The maximum Gasteiger partial charge on any atom is 0.306 e. The summed E-state index contributed by atoms with van der Waals surface area (Å²) in [6.07, 6.45) is 63.7. The Bertz CT molecular complexity index is 1730. The van der Waals surface area contributed by atoms with Gasteiger partial charge in [0.2, 0.25) is 5.91 Å². The number of allylic oxidation sites excluding steroid dienone is 19.